The van der Waals surface area contributed by atoms with Crippen LogP contribution < -0.4 is 5.32 Å². The lowest BCUT2D eigenvalue weighted by Gasteiger charge is -2.10. The van der Waals surface area contributed by atoms with E-state index in [1.165, 1.54) is 6.07 Å². The predicted octanol–water partition coefficient (Wildman–Crippen LogP) is 3.12. The number of hydrogen-bond donors (Lipinski definition) is 1. The molecule has 1 aromatic carbocycles. The van der Waals surface area contributed by atoms with E-state index in [0.29, 0.717) is 29.7 Å². The summed E-state index contributed by atoms with van der Waals surface area (Å²) < 4.78 is 18.8. The molecule has 4 nitrogen and oxygen atoms in total. The zero-order valence-corrected chi connectivity index (χ0v) is 12.6. The van der Waals surface area contributed by atoms with Crippen LogP contribution >= 0.6 is 0 Å². The van der Waals surface area contributed by atoms with E-state index in [1.54, 1.807) is 18.2 Å². The maximum Gasteiger partial charge on any atom is 0.226 e. The fourth-order valence-corrected chi connectivity index (χ4v) is 2.11. The first-order valence-corrected chi connectivity index (χ1v) is 7.47. The fraction of sp³-hybridized carbons (Fsp3) is 0.500. The second kappa shape index (κ2) is 7.88. The van der Waals surface area contributed by atoms with Gasteiger partial charge in [0.15, 0.2) is 5.82 Å². The molecule has 0 radical (unpaired) electrons. The summed E-state index contributed by atoms with van der Waals surface area (Å²) in [6.45, 7) is 5.31. The highest BCUT2D eigenvalue weighted by molar-refractivity contribution is 5.20. The Bertz CT molecular complexity index is 556. The molecule has 5 heteroatoms. The van der Waals surface area contributed by atoms with Crippen LogP contribution in [0.25, 0.3) is 0 Å². The summed E-state index contributed by atoms with van der Waals surface area (Å²) >= 11 is 0. The SMILES string of the molecule is CCCNC(C)CCc1nc(Cc2ccccc2F)no1. The van der Waals surface area contributed by atoms with E-state index < -0.39 is 0 Å². The molecule has 0 aliphatic rings. The molecular weight excluding hydrogens is 269 g/mol. The third-order valence-corrected chi connectivity index (χ3v) is 3.35. The molecule has 2 rings (SSSR count). The van der Waals surface area contributed by atoms with Crippen molar-refractivity contribution in [1.82, 2.24) is 15.5 Å². The average molecular weight is 291 g/mol. The normalized spacial score (nSPS) is 12.5. The van der Waals surface area contributed by atoms with Crippen molar-refractivity contribution < 1.29 is 8.91 Å². The molecule has 1 unspecified atom stereocenters. The molecule has 1 atom stereocenters. The number of rotatable bonds is 8. The Morgan fingerprint density at radius 3 is 2.90 bits per heavy atom. The molecular formula is C16H22FN3O. The summed E-state index contributed by atoms with van der Waals surface area (Å²) in [7, 11) is 0. The lowest BCUT2D eigenvalue weighted by atomic mass is 10.1. The van der Waals surface area contributed by atoms with Crippen LogP contribution in [0.15, 0.2) is 28.8 Å². The van der Waals surface area contributed by atoms with Gasteiger partial charge in [-0.1, -0.05) is 30.3 Å². The van der Waals surface area contributed by atoms with Gasteiger partial charge in [0.05, 0.1) is 0 Å². The highest BCUT2D eigenvalue weighted by Crippen LogP contribution is 2.12. The molecule has 1 N–H and O–H groups in total. The average Bonchev–Trinajstić information content (AvgIpc) is 2.93. The molecule has 0 aliphatic heterocycles. The lowest BCUT2D eigenvalue weighted by Crippen LogP contribution is -2.27. The predicted molar refractivity (Wildman–Crippen MR) is 79.6 cm³/mol. The first-order valence-electron chi connectivity index (χ1n) is 7.47. The Balaban J connectivity index is 1.85. The van der Waals surface area contributed by atoms with Gasteiger partial charge < -0.3 is 9.84 Å². The van der Waals surface area contributed by atoms with Gasteiger partial charge in [0.1, 0.15) is 5.82 Å². The third-order valence-electron chi connectivity index (χ3n) is 3.35. The zero-order valence-electron chi connectivity index (χ0n) is 12.6. The molecule has 0 amide bonds. The summed E-state index contributed by atoms with van der Waals surface area (Å²) in [5.74, 6) is 0.914. The van der Waals surface area contributed by atoms with Crippen molar-refractivity contribution in [3.8, 4) is 0 Å². The number of hydrogen-bond acceptors (Lipinski definition) is 4. The molecule has 0 fully saturated rings. The van der Waals surface area contributed by atoms with Gasteiger partial charge in [0.25, 0.3) is 0 Å². The van der Waals surface area contributed by atoms with Crippen LogP contribution in [0.4, 0.5) is 4.39 Å². The van der Waals surface area contributed by atoms with Gasteiger partial charge in [0.2, 0.25) is 5.89 Å². The van der Waals surface area contributed by atoms with E-state index in [9.17, 15) is 4.39 Å². The molecule has 0 bridgehead atoms. The minimum atomic E-state index is -0.235. The van der Waals surface area contributed by atoms with Crippen molar-refractivity contribution in [2.24, 2.45) is 0 Å². The molecule has 114 valence electrons. The summed E-state index contributed by atoms with van der Waals surface area (Å²) in [6.07, 6.45) is 3.17. The first kappa shape index (κ1) is 15.6. The minimum absolute atomic E-state index is 0.235. The van der Waals surface area contributed by atoms with Gasteiger partial charge in [-0.2, -0.15) is 4.98 Å². The van der Waals surface area contributed by atoms with Crippen LogP contribution in [-0.4, -0.2) is 22.7 Å². The summed E-state index contributed by atoms with van der Waals surface area (Å²) in [4.78, 5) is 4.33. The molecule has 2 aromatic rings. The summed E-state index contributed by atoms with van der Waals surface area (Å²) in [5, 5.41) is 7.34. The molecule has 21 heavy (non-hydrogen) atoms. The maximum atomic E-state index is 13.6. The van der Waals surface area contributed by atoms with Crippen molar-refractivity contribution in [2.45, 2.75) is 45.6 Å². The van der Waals surface area contributed by atoms with Crippen LogP contribution in [0.3, 0.4) is 0 Å². The van der Waals surface area contributed by atoms with E-state index in [4.69, 9.17) is 4.52 Å². The topological polar surface area (TPSA) is 51.0 Å². The van der Waals surface area contributed by atoms with Gasteiger partial charge in [0, 0.05) is 18.9 Å². The van der Waals surface area contributed by atoms with Gasteiger partial charge in [-0.15, -0.1) is 0 Å². The first-order chi connectivity index (χ1) is 10.2. The molecule has 1 aromatic heterocycles. The Morgan fingerprint density at radius 2 is 2.14 bits per heavy atom. The van der Waals surface area contributed by atoms with Crippen molar-refractivity contribution >= 4 is 0 Å². The molecule has 0 spiro atoms. The highest BCUT2D eigenvalue weighted by Gasteiger charge is 2.10. The number of nitrogens with zero attached hydrogens (tertiary/aromatic N) is 2. The zero-order chi connectivity index (χ0) is 15.1. The van der Waals surface area contributed by atoms with E-state index in [2.05, 4.69) is 29.3 Å². The van der Waals surface area contributed by atoms with Crippen LogP contribution in [0, 0.1) is 5.82 Å². The van der Waals surface area contributed by atoms with Crippen LogP contribution in [0.1, 0.15) is 44.0 Å². The largest absolute Gasteiger partial charge is 0.339 e. The highest BCUT2D eigenvalue weighted by atomic mass is 19.1. The van der Waals surface area contributed by atoms with Gasteiger partial charge >= 0.3 is 0 Å². The monoisotopic (exact) mass is 291 g/mol. The van der Waals surface area contributed by atoms with Crippen molar-refractivity contribution in [1.29, 1.82) is 0 Å². The third kappa shape index (κ3) is 4.93. The molecule has 0 saturated heterocycles. The van der Waals surface area contributed by atoms with E-state index in [1.807, 2.05) is 0 Å². The Morgan fingerprint density at radius 1 is 1.33 bits per heavy atom. The van der Waals surface area contributed by atoms with Crippen LogP contribution in [-0.2, 0) is 12.8 Å². The second-order valence-electron chi connectivity index (χ2n) is 5.27. The molecule has 1 heterocycles. The standard InChI is InChI=1S/C16H22FN3O/c1-3-10-18-12(2)8-9-16-19-15(20-21-16)11-13-6-4-5-7-14(13)17/h4-7,12,18H,3,8-11H2,1-2H3. The van der Waals surface area contributed by atoms with Crippen LogP contribution in [0.5, 0.6) is 0 Å². The molecule has 0 aliphatic carbocycles. The van der Waals surface area contributed by atoms with Gasteiger partial charge in [-0.25, -0.2) is 4.39 Å². The van der Waals surface area contributed by atoms with Crippen molar-refractivity contribution in [2.75, 3.05) is 6.54 Å². The number of aryl methyl sites for hydroxylation is 1. The quantitative estimate of drug-likeness (QED) is 0.812. The number of aromatic nitrogens is 2. The molecule has 0 saturated carbocycles. The summed E-state index contributed by atoms with van der Waals surface area (Å²) in [6, 6.07) is 7.08. The van der Waals surface area contributed by atoms with Gasteiger partial charge in [-0.3, -0.25) is 0 Å². The van der Waals surface area contributed by atoms with E-state index in [-0.39, 0.29) is 5.82 Å². The number of benzene rings is 1. The Hall–Kier alpha value is -1.75. The Kier molecular flexibility index (Phi) is 5.87. The second-order valence-corrected chi connectivity index (χ2v) is 5.27. The van der Waals surface area contributed by atoms with Crippen molar-refractivity contribution in [3.05, 3.63) is 47.4 Å². The lowest BCUT2D eigenvalue weighted by molar-refractivity contribution is 0.363. The maximum absolute atomic E-state index is 13.6. The fourth-order valence-electron chi connectivity index (χ4n) is 2.11. The van der Waals surface area contributed by atoms with Crippen LogP contribution in [0.2, 0.25) is 0 Å². The minimum Gasteiger partial charge on any atom is -0.339 e. The number of halogens is 1. The Labute approximate surface area is 124 Å². The van der Waals surface area contributed by atoms with E-state index >= 15 is 0 Å². The number of nitrogens with one attached hydrogen (secondary N) is 1. The van der Waals surface area contributed by atoms with Gasteiger partial charge in [-0.05, 0) is 37.9 Å². The van der Waals surface area contributed by atoms with Crippen molar-refractivity contribution in [3.63, 3.8) is 0 Å². The van der Waals surface area contributed by atoms with E-state index in [0.717, 1.165) is 25.8 Å². The smallest absolute Gasteiger partial charge is 0.226 e. The summed E-state index contributed by atoms with van der Waals surface area (Å²) in [5.41, 5.74) is 0.586.